The number of carbonyl (C=O) groups excluding carboxylic acids is 1. The van der Waals surface area contributed by atoms with E-state index in [0.29, 0.717) is 13.2 Å². The molecule has 0 spiro atoms. The van der Waals surface area contributed by atoms with Crippen molar-refractivity contribution < 1.29 is 19.0 Å². The van der Waals surface area contributed by atoms with Crippen molar-refractivity contribution in [2.75, 3.05) is 27.4 Å². The molecule has 0 fully saturated rings. The Morgan fingerprint density at radius 3 is 2.48 bits per heavy atom. The lowest BCUT2D eigenvalue weighted by Gasteiger charge is -2.12. The summed E-state index contributed by atoms with van der Waals surface area (Å²) in [4.78, 5) is 11.0. The zero-order chi connectivity index (χ0) is 18.5. The van der Waals surface area contributed by atoms with Crippen molar-refractivity contribution in [3.8, 4) is 11.5 Å². The standard InChI is InChI=1S/C20H33NO4/c1-16(20(21)22)9-6-4-5-7-10-17-11-12-18(24-3)19(15-17)25-14-8-13-23-2/h11-12,15-16H,4-10,13-14H2,1-3H3,(H2,21,22). The van der Waals surface area contributed by atoms with Crippen LogP contribution in [0.1, 0.15) is 51.0 Å². The molecule has 25 heavy (non-hydrogen) atoms. The van der Waals surface area contributed by atoms with Gasteiger partial charge in [0.2, 0.25) is 5.91 Å². The van der Waals surface area contributed by atoms with Crippen LogP contribution >= 0.6 is 0 Å². The van der Waals surface area contributed by atoms with E-state index in [1.54, 1.807) is 14.2 Å². The van der Waals surface area contributed by atoms with E-state index in [9.17, 15) is 4.79 Å². The molecule has 0 aromatic heterocycles. The maximum Gasteiger partial charge on any atom is 0.220 e. The molecule has 1 aromatic carbocycles. The Labute approximate surface area is 151 Å². The molecule has 1 aromatic rings. The molecule has 2 N–H and O–H groups in total. The summed E-state index contributed by atoms with van der Waals surface area (Å²) in [6.07, 6.45) is 7.23. The third-order valence-corrected chi connectivity index (χ3v) is 4.32. The summed E-state index contributed by atoms with van der Waals surface area (Å²) in [6.45, 7) is 3.20. The van der Waals surface area contributed by atoms with Gasteiger partial charge in [0.25, 0.3) is 0 Å². The summed E-state index contributed by atoms with van der Waals surface area (Å²) in [6, 6.07) is 6.13. The highest BCUT2D eigenvalue weighted by Gasteiger charge is 2.08. The molecule has 142 valence electrons. The second-order valence-corrected chi connectivity index (χ2v) is 6.44. The molecule has 1 amide bonds. The Hall–Kier alpha value is -1.75. The van der Waals surface area contributed by atoms with Crippen molar-refractivity contribution in [3.63, 3.8) is 0 Å². The van der Waals surface area contributed by atoms with Crippen LogP contribution in [-0.4, -0.2) is 33.3 Å². The van der Waals surface area contributed by atoms with Crippen LogP contribution in [0.15, 0.2) is 18.2 Å². The highest BCUT2D eigenvalue weighted by Crippen LogP contribution is 2.29. The number of methoxy groups -OCH3 is 2. The number of benzene rings is 1. The molecule has 0 aliphatic carbocycles. The van der Waals surface area contributed by atoms with E-state index in [1.165, 1.54) is 5.56 Å². The molecule has 5 nitrogen and oxygen atoms in total. The monoisotopic (exact) mass is 351 g/mol. The zero-order valence-electron chi connectivity index (χ0n) is 15.9. The van der Waals surface area contributed by atoms with Crippen LogP contribution in [0, 0.1) is 5.92 Å². The second-order valence-electron chi connectivity index (χ2n) is 6.44. The molecule has 0 heterocycles. The van der Waals surface area contributed by atoms with Crippen LogP contribution in [0.2, 0.25) is 0 Å². The van der Waals surface area contributed by atoms with Crippen molar-refractivity contribution in [1.29, 1.82) is 0 Å². The van der Waals surface area contributed by atoms with Gasteiger partial charge in [-0.15, -0.1) is 0 Å². The van der Waals surface area contributed by atoms with Gasteiger partial charge in [-0.1, -0.05) is 32.3 Å². The Morgan fingerprint density at radius 1 is 1.04 bits per heavy atom. The Bertz CT molecular complexity index is 504. The number of nitrogens with two attached hydrogens (primary N) is 1. The van der Waals surface area contributed by atoms with E-state index in [0.717, 1.165) is 56.4 Å². The summed E-state index contributed by atoms with van der Waals surface area (Å²) in [5, 5.41) is 0. The number of rotatable bonds is 14. The molecule has 0 aliphatic rings. The fraction of sp³-hybridized carbons (Fsp3) is 0.650. The summed E-state index contributed by atoms with van der Waals surface area (Å²) in [5.74, 6) is 1.35. The van der Waals surface area contributed by atoms with E-state index in [4.69, 9.17) is 19.9 Å². The lowest BCUT2D eigenvalue weighted by Crippen LogP contribution is -2.20. The summed E-state index contributed by atoms with van der Waals surface area (Å²) in [7, 11) is 3.35. The molecular formula is C20H33NO4. The first-order chi connectivity index (χ1) is 12.1. The molecule has 5 heteroatoms. The lowest BCUT2D eigenvalue weighted by atomic mass is 10.0. The van der Waals surface area contributed by atoms with Crippen molar-refractivity contribution in [1.82, 2.24) is 0 Å². The maximum absolute atomic E-state index is 11.0. The van der Waals surface area contributed by atoms with Crippen LogP contribution in [0.5, 0.6) is 11.5 Å². The van der Waals surface area contributed by atoms with Gasteiger partial charge in [0.15, 0.2) is 11.5 Å². The van der Waals surface area contributed by atoms with Gasteiger partial charge in [-0.05, 0) is 37.0 Å². The summed E-state index contributed by atoms with van der Waals surface area (Å²) >= 11 is 0. The fourth-order valence-electron chi connectivity index (χ4n) is 2.65. The first-order valence-corrected chi connectivity index (χ1v) is 9.16. The normalized spacial score (nSPS) is 12.0. The third kappa shape index (κ3) is 8.77. The number of primary amides is 1. The van der Waals surface area contributed by atoms with Gasteiger partial charge >= 0.3 is 0 Å². The number of hydrogen-bond acceptors (Lipinski definition) is 4. The molecule has 1 rings (SSSR count). The number of carbonyl (C=O) groups is 1. The number of ether oxygens (including phenoxy) is 3. The van der Waals surface area contributed by atoms with Gasteiger partial charge in [0, 0.05) is 26.1 Å². The van der Waals surface area contributed by atoms with Gasteiger partial charge in [-0.3, -0.25) is 4.79 Å². The van der Waals surface area contributed by atoms with Gasteiger partial charge in [0.05, 0.1) is 13.7 Å². The smallest absolute Gasteiger partial charge is 0.220 e. The molecule has 1 unspecified atom stereocenters. The number of unbranched alkanes of at least 4 members (excludes halogenated alkanes) is 3. The Balaban J connectivity index is 2.34. The number of amides is 1. The first kappa shape index (κ1) is 21.3. The minimum Gasteiger partial charge on any atom is -0.493 e. The van der Waals surface area contributed by atoms with Crippen molar-refractivity contribution in [2.24, 2.45) is 11.7 Å². The molecule has 0 aliphatic heterocycles. The minimum absolute atomic E-state index is 0.0144. The van der Waals surface area contributed by atoms with Crippen LogP contribution in [0.25, 0.3) is 0 Å². The molecular weight excluding hydrogens is 318 g/mol. The topological polar surface area (TPSA) is 70.8 Å². The average molecular weight is 351 g/mol. The number of hydrogen-bond donors (Lipinski definition) is 1. The molecule has 0 bridgehead atoms. The van der Waals surface area contributed by atoms with Gasteiger partial charge < -0.3 is 19.9 Å². The Morgan fingerprint density at radius 2 is 1.80 bits per heavy atom. The molecule has 1 atom stereocenters. The van der Waals surface area contributed by atoms with Crippen LogP contribution in [-0.2, 0) is 16.0 Å². The highest BCUT2D eigenvalue weighted by molar-refractivity contribution is 5.76. The average Bonchev–Trinajstić information content (AvgIpc) is 2.61. The van der Waals surface area contributed by atoms with Crippen molar-refractivity contribution >= 4 is 5.91 Å². The molecule has 0 saturated heterocycles. The highest BCUT2D eigenvalue weighted by atomic mass is 16.5. The number of aryl methyl sites for hydroxylation is 1. The van der Waals surface area contributed by atoms with E-state index in [-0.39, 0.29) is 11.8 Å². The van der Waals surface area contributed by atoms with Crippen LogP contribution in [0.3, 0.4) is 0 Å². The van der Waals surface area contributed by atoms with E-state index >= 15 is 0 Å². The molecule has 0 saturated carbocycles. The van der Waals surface area contributed by atoms with Crippen LogP contribution in [0.4, 0.5) is 0 Å². The van der Waals surface area contributed by atoms with E-state index < -0.39 is 0 Å². The summed E-state index contributed by atoms with van der Waals surface area (Å²) < 4.78 is 16.2. The summed E-state index contributed by atoms with van der Waals surface area (Å²) in [5.41, 5.74) is 6.53. The van der Waals surface area contributed by atoms with E-state index in [2.05, 4.69) is 12.1 Å². The third-order valence-electron chi connectivity index (χ3n) is 4.32. The predicted octanol–water partition coefficient (Wildman–Crippen LogP) is 3.72. The van der Waals surface area contributed by atoms with Gasteiger partial charge in [0.1, 0.15) is 0 Å². The van der Waals surface area contributed by atoms with E-state index in [1.807, 2.05) is 13.0 Å². The first-order valence-electron chi connectivity index (χ1n) is 9.16. The second kappa shape index (κ2) is 12.6. The maximum atomic E-state index is 11.0. The lowest BCUT2D eigenvalue weighted by molar-refractivity contribution is -0.121. The minimum atomic E-state index is -0.198. The van der Waals surface area contributed by atoms with Crippen molar-refractivity contribution in [2.45, 2.75) is 51.9 Å². The quantitative estimate of drug-likeness (QED) is 0.519. The van der Waals surface area contributed by atoms with Gasteiger partial charge in [-0.25, -0.2) is 0 Å². The van der Waals surface area contributed by atoms with Crippen molar-refractivity contribution in [3.05, 3.63) is 23.8 Å². The SMILES string of the molecule is COCCCOc1cc(CCCCCCC(C)C(N)=O)ccc1OC. The Kier molecular flexibility index (Phi) is 10.7. The molecule has 0 radical (unpaired) electrons. The zero-order valence-corrected chi connectivity index (χ0v) is 15.9. The van der Waals surface area contributed by atoms with Gasteiger partial charge in [-0.2, -0.15) is 0 Å². The van der Waals surface area contributed by atoms with Crippen LogP contribution < -0.4 is 15.2 Å². The largest absolute Gasteiger partial charge is 0.493 e. The fourth-order valence-corrected chi connectivity index (χ4v) is 2.65. The predicted molar refractivity (Wildman–Crippen MR) is 100 cm³/mol.